The molecule has 0 aromatic heterocycles. The van der Waals surface area contributed by atoms with E-state index in [1.165, 1.54) is 0 Å². The Morgan fingerprint density at radius 2 is 2.00 bits per heavy atom. The number of benzene rings is 1. The number of carbonyl (C=O) groups excluding carboxylic acids is 2. The van der Waals surface area contributed by atoms with Crippen LogP contribution in [0.15, 0.2) is 18.2 Å². The van der Waals surface area contributed by atoms with Crippen molar-refractivity contribution in [3.8, 4) is 0 Å². The molecule has 8 heteroatoms. The van der Waals surface area contributed by atoms with Crippen molar-refractivity contribution in [2.75, 3.05) is 31.6 Å². The van der Waals surface area contributed by atoms with Crippen molar-refractivity contribution < 1.29 is 14.3 Å². The smallest absolute Gasteiger partial charge is 0.409 e. The van der Waals surface area contributed by atoms with Gasteiger partial charge in [0, 0.05) is 37.1 Å². The van der Waals surface area contributed by atoms with E-state index >= 15 is 0 Å². The lowest BCUT2D eigenvalue weighted by atomic mass is 10.1. The minimum absolute atomic E-state index is 0.110. The molecule has 25 heavy (non-hydrogen) atoms. The third kappa shape index (κ3) is 6.38. The molecule has 0 unspecified atom stereocenters. The topological polar surface area (TPSA) is 70.7 Å². The van der Waals surface area contributed by atoms with Crippen LogP contribution in [0.1, 0.15) is 26.2 Å². The number of ether oxygens (including phenoxy) is 1. The maximum atomic E-state index is 12.0. The Kier molecular flexibility index (Phi) is 7.81. The van der Waals surface area contributed by atoms with Gasteiger partial charge in [0.1, 0.15) is 0 Å². The van der Waals surface area contributed by atoms with Crippen molar-refractivity contribution in [3.63, 3.8) is 0 Å². The van der Waals surface area contributed by atoms with E-state index in [-0.39, 0.29) is 12.0 Å². The maximum Gasteiger partial charge on any atom is 0.409 e. The molecule has 0 bridgehead atoms. The van der Waals surface area contributed by atoms with Crippen LogP contribution >= 0.6 is 23.2 Å². The van der Waals surface area contributed by atoms with Gasteiger partial charge >= 0.3 is 6.09 Å². The SMILES string of the molecule is CCOC(=O)N1CCC(NCCC(=O)Nc2ccc(Cl)cc2Cl)CC1. The Hall–Kier alpha value is -1.50. The van der Waals surface area contributed by atoms with Crippen molar-refractivity contribution >= 4 is 40.9 Å². The van der Waals surface area contributed by atoms with Crippen LogP contribution in [-0.4, -0.2) is 49.2 Å². The fraction of sp³-hybridized carbons (Fsp3) is 0.529. The van der Waals surface area contributed by atoms with E-state index in [1.807, 2.05) is 0 Å². The number of piperidine rings is 1. The van der Waals surface area contributed by atoms with Crippen LogP contribution in [0.25, 0.3) is 0 Å². The standard InChI is InChI=1S/C17H23Cl2N3O3/c1-2-25-17(24)22-9-6-13(7-10-22)20-8-5-16(23)21-15-4-3-12(18)11-14(15)19/h3-4,11,13,20H,2,5-10H2,1H3,(H,21,23). The third-order valence-electron chi connectivity index (χ3n) is 4.01. The van der Waals surface area contributed by atoms with Crippen molar-refractivity contribution in [1.29, 1.82) is 0 Å². The Bertz CT molecular complexity index is 605. The highest BCUT2D eigenvalue weighted by Gasteiger charge is 2.23. The summed E-state index contributed by atoms with van der Waals surface area (Å²) < 4.78 is 5.00. The zero-order valence-corrected chi connectivity index (χ0v) is 15.7. The van der Waals surface area contributed by atoms with Crippen LogP contribution in [0.2, 0.25) is 10.0 Å². The van der Waals surface area contributed by atoms with Gasteiger partial charge in [0.25, 0.3) is 0 Å². The van der Waals surface area contributed by atoms with Gasteiger partial charge in [-0.2, -0.15) is 0 Å². The number of hydrogen-bond acceptors (Lipinski definition) is 4. The Balaban J connectivity index is 1.66. The summed E-state index contributed by atoms with van der Waals surface area (Å²) in [6.45, 7) is 4.10. The summed E-state index contributed by atoms with van der Waals surface area (Å²) in [6, 6.07) is 5.26. The number of nitrogens with one attached hydrogen (secondary N) is 2. The van der Waals surface area contributed by atoms with E-state index in [4.69, 9.17) is 27.9 Å². The van der Waals surface area contributed by atoms with E-state index < -0.39 is 0 Å². The number of carbonyl (C=O) groups is 2. The Morgan fingerprint density at radius 3 is 2.64 bits per heavy atom. The highest BCUT2D eigenvalue weighted by atomic mass is 35.5. The molecule has 1 aromatic carbocycles. The lowest BCUT2D eigenvalue weighted by Gasteiger charge is -2.31. The molecule has 2 N–H and O–H groups in total. The molecular weight excluding hydrogens is 365 g/mol. The van der Waals surface area contributed by atoms with Crippen molar-refractivity contribution in [2.45, 2.75) is 32.2 Å². The Labute approximate surface area is 157 Å². The molecule has 2 amide bonds. The highest BCUT2D eigenvalue weighted by molar-refractivity contribution is 6.36. The van der Waals surface area contributed by atoms with Gasteiger partial charge in [-0.25, -0.2) is 4.79 Å². The summed E-state index contributed by atoms with van der Waals surface area (Å²) in [4.78, 5) is 25.4. The zero-order valence-electron chi connectivity index (χ0n) is 14.2. The second kappa shape index (κ2) is 9.85. The van der Waals surface area contributed by atoms with E-state index in [9.17, 15) is 9.59 Å². The van der Waals surface area contributed by atoms with Gasteiger partial charge in [0.2, 0.25) is 5.91 Å². The minimum atomic E-state index is -0.250. The number of likely N-dealkylation sites (tertiary alicyclic amines) is 1. The molecule has 0 radical (unpaired) electrons. The molecule has 1 aliphatic rings. The van der Waals surface area contributed by atoms with Crippen LogP contribution in [0.3, 0.4) is 0 Å². The van der Waals surface area contributed by atoms with Gasteiger partial charge in [-0.05, 0) is 38.0 Å². The molecule has 0 atom stereocenters. The molecule has 1 aliphatic heterocycles. The quantitative estimate of drug-likeness (QED) is 0.782. The normalized spacial score (nSPS) is 15.1. The summed E-state index contributed by atoms with van der Waals surface area (Å²) in [5.41, 5.74) is 0.554. The molecular formula is C17H23Cl2N3O3. The minimum Gasteiger partial charge on any atom is -0.450 e. The molecule has 1 fully saturated rings. The van der Waals surface area contributed by atoms with Crippen LogP contribution in [0.5, 0.6) is 0 Å². The number of anilines is 1. The summed E-state index contributed by atoms with van der Waals surface area (Å²) in [5, 5.41) is 7.08. The molecule has 1 saturated heterocycles. The average Bonchev–Trinajstić information content (AvgIpc) is 2.58. The van der Waals surface area contributed by atoms with Gasteiger partial charge < -0.3 is 20.3 Å². The number of halogens is 2. The second-order valence-corrected chi connectivity index (χ2v) is 6.68. The van der Waals surface area contributed by atoms with Crippen LogP contribution in [0.4, 0.5) is 10.5 Å². The number of nitrogens with zero attached hydrogens (tertiary/aromatic N) is 1. The molecule has 0 spiro atoms. The zero-order chi connectivity index (χ0) is 18.2. The van der Waals surface area contributed by atoms with Crippen LogP contribution < -0.4 is 10.6 Å². The largest absolute Gasteiger partial charge is 0.450 e. The molecule has 138 valence electrons. The predicted octanol–water partition coefficient (Wildman–Crippen LogP) is 3.53. The fourth-order valence-electron chi connectivity index (χ4n) is 2.67. The summed E-state index contributed by atoms with van der Waals surface area (Å²) >= 11 is 11.9. The van der Waals surface area contributed by atoms with Gasteiger partial charge in [-0.15, -0.1) is 0 Å². The van der Waals surface area contributed by atoms with Crippen molar-refractivity contribution in [3.05, 3.63) is 28.2 Å². The van der Waals surface area contributed by atoms with E-state index in [2.05, 4.69) is 10.6 Å². The van der Waals surface area contributed by atoms with E-state index in [1.54, 1.807) is 30.0 Å². The summed E-state index contributed by atoms with van der Waals surface area (Å²) in [7, 11) is 0. The lowest BCUT2D eigenvalue weighted by molar-refractivity contribution is -0.116. The molecule has 1 heterocycles. The predicted molar refractivity (Wildman–Crippen MR) is 99.3 cm³/mol. The number of amides is 2. The van der Waals surface area contributed by atoms with Crippen molar-refractivity contribution in [1.82, 2.24) is 10.2 Å². The van der Waals surface area contributed by atoms with Gasteiger partial charge in [-0.1, -0.05) is 23.2 Å². The average molecular weight is 388 g/mol. The van der Waals surface area contributed by atoms with E-state index in [0.717, 1.165) is 12.8 Å². The third-order valence-corrected chi connectivity index (χ3v) is 4.56. The summed E-state index contributed by atoms with van der Waals surface area (Å²) in [6.07, 6.45) is 1.80. The van der Waals surface area contributed by atoms with Gasteiger partial charge in [0.15, 0.2) is 0 Å². The molecule has 2 rings (SSSR count). The lowest BCUT2D eigenvalue weighted by Crippen LogP contribution is -2.45. The molecule has 1 aromatic rings. The first-order valence-electron chi connectivity index (χ1n) is 8.39. The summed E-state index contributed by atoms with van der Waals surface area (Å²) in [5.74, 6) is -0.110. The van der Waals surface area contributed by atoms with Gasteiger partial charge in [-0.3, -0.25) is 4.79 Å². The highest BCUT2D eigenvalue weighted by Crippen LogP contribution is 2.25. The van der Waals surface area contributed by atoms with Crippen molar-refractivity contribution in [2.24, 2.45) is 0 Å². The molecule has 0 saturated carbocycles. The Morgan fingerprint density at radius 1 is 1.28 bits per heavy atom. The fourth-order valence-corrected chi connectivity index (χ4v) is 3.13. The second-order valence-electron chi connectivity index (χ2n) is 5.84. The number of rotatable bonds is 6. The monoisotopic (exact) mass is 387 g/mol. The van der Waals surface area contributed by atoms with Crippen LogP contribution in [0, 0.1) is 0 Å². The maximum absolute atomic E-state index is 12.0. The number of hydrogen-bond donors (Lipinski definition) is 2. The van der Waals surface area contributed by atoms with E-state index in [0.29, 0.717) is 54.4 Å². The first-order chi connectivity index (χ1) is 12.0. The van der Waals surface area contributed by atoms with Gasteiger partial charge in [0.05, 0.1) is 17.3 Å². The molecule has 0 aliphatic carbocycles. The van der Waals surface area contributed by atoms with Crippen LogP contribution in [-0.2, 0) is 9.53 Å². The molecule has 6 nitrogen and oxygen atoms in total. The first kappa shape index (κ1) is 19.8. The first-order valence-corrected chi connectivity index (χ1v) is 9.15.